The minimum atomic E-state index is -1.42. The molecule has 0 saturated heterocycles. The molecule has 0 N–H and O–H groups in total. The number of azo groups is 1. The predicted octanol–water partition coefficient (Wildman–Crippen LogP) is 4.89. The Balaban J connectivity index is 2.37. The molecule has 7 nitrogen and oxygen atoms in total. The molecule has 0 fully saturated rings. The maximum absolute atomic E-state index is 12.8. The molecule has 148 valence electrons. The molecule has 2 aromatic rings. The van der Waals surface area contributed by atoms with Gasteiger partial charge in [0.2, 0.25) is 6.04 Å². The summed E-state index contributed by atoms with van der Waals surface area (Å²) in [5.41, 5.74) is 1.35. The lowest BCUT2D eigenvalue weighted by Gasteiger charge is -2.20. The molecule has 0 aliphatic rings. The van der Waals surface area contributed by atoms with Crippen LogP contribution in [-0.2, 0) is 9.59 Å². The Morgan fingerprint density at radius 2 is 1.79 bits per heavy atom. The zero-order valence-electron chi connectivity index (χ0n) is 15.8. The number of carbonyl (C=O) groups excluding carboxylic acids is 2. The van der Waals surface area contributed by atoms with Gasteiger partial charge in [-0.15, -0.1) is 0 Å². The van der Waals surface area contributed by atoms with E-state index in [1.807, 2.05) is 0 Å². The van der Waals surface area contributed by atoms with E-state index in [0.717, 1.165) is 4.42 Å². The first kappa shape index (κ1) is 21.7. The van der Waals surface area contributed by atoms with Gasteiger partial charge < -0.3 is 9.47 Å². The zero-order chi connectivity index (χ0) is 20.8. The third-order valence-electron chi connectivity index (χ3n) is 3.93. The summed E-state index contributed by atoms with van der Waals surface area (Å²) < 4.78 is 11.3. The number of hydrogen-bond donors (Lipinski definition) is 0. The van der Waals surface area contributed by atoms with E-state index in [2.05, 4.69) is 10.2 Å². The molecular formula is C19H19Cl2N3O4. The van der Waals surface area contributed by atoms with Crippen molar-refractivity contribution in [3.05, 3.63) is 47.0 Å². The molecule has 1 amide bonds. The van der Waals surface area contributed by atoms with Gasteiger partial charge in [0.1, 0.15) is 5.69 Å². The highest BCUT2D eigenvalue weighted by Gasteiger charge is 2.31. The van der Waals surface area contributed by atoms with Crippen LogP contribution in [-0.4, -0.2) is 32.0 Å². The van der Waals surface area contributed by atoms with Crippen molar-refractivity contribution >= 4 is 46.4 Å². The molecule has 0 aliphatic carbocycles. The van der Waals surface area contributed by atoms with E-state index in [1.165, 1.54) is 21.1 Å². The first-order valence-corrected chi connectivity index (χ1v) is 8.90. The minimum Gasteiger partial charge on any atom is -0.493 e. The van der Waals surface area contributed by atoms with Crippen LogP contribution in [0.25, 0.3) is 0 Å². The van der Waals surface area contributed by atoms with Crippen molar-refractivity contribution in [2.24, 2.45) is 10.2 Å². The molecule has 2 aromatic carbocycles. The first-order valence-electron chi connectivity index (χ1n) is 8.19. The third kappa shape index (κ3) is 4.61. The molecule has 0 aliphatic heterocycles. The minimum absolute atomic E-state index is 0.217. The lowest BCUT2D eigenvalue weighted by Crippen LogP contribution is -2.36. The average Bonchev–Trinajstić information content (AvgIpc) is 2.69. The van der Waals surface area contributed by atoms with Crippen LogP contribution in [0.2, 0.25) is 5.02 Å². The van der Waals surface area contributed by atoms with Crippen molar-refractivity contribution in [2.75, 3.05) is 18.6 Å². The van der Waals surface area contributed by atoms with Gasteiger partial charge in [0.05, 0.1) is 19.9 Å². The van der Waals surface area contributed by atoms with E-state index in [1.54, 1.807) is 43.3 Å². The van der Waals surface area contributed by atoms with Crippen LogP contribution in [0, 0.1) is 6.92 Å². The summed E-state index contributed by atoms with van der Waals surface area (Å²) in [5, 5.41) is 8.43. The molecule has 0 spiro atoms. The monoisotopic (exact) mass is 423 g/mol. The van der Waals surface area contributed by atoms with E-state index >= 15 is 0 Å². The van der Waals surface area contributed by atoms with Crippen LogP contribution in [0.5, 0.6) is 11.5 Å². The lowest BCUT2D eigenvalue weighted by molar-refractivity contribution is -0.126. The Hall–Kier alpha value is -2.64. The molecule has 0 heterocycles. The number of carbonyl (C=O) groups is 2. The molecule has 2 rings (SSSR count). The Kier molecular flexibility index (Phi) is 7.37. The SMILES string of the molecule is COc1cccc(N(Cl)C(=O)C(N=Nc2cccc(Cl)c2C)C(C)=O)c1OC. The summed E-state index contributed by atoms with van der Waals surface area (Å²) >= 11 is 12.3. The van der Waals surface area contributed by atoms with Gasteiger partial charge in [-0.25, -0.2) is 4.42 Å². The maximum atomic E-state index is 12.8. The first-order chi connectivity index (χ1) is 13.3. The fourth-order valence-electron chi connectivity index (χ4n) is 2.38. The molecule has 9 heteroatoms. The molecule has 0 aromatic heterocycles. The molecule has 1 atom stereocenters. The molecule has 1 unspecified atom stereocenters. The van der Waals surface area contributed by atoms with Crippen molar-refractivity contribution < 1.29 is 19.1 Å². The number of methoxy groups -OCH3 is 2. The summed E-state index contributed by atoms with van der Waals surface area (Å²) in [7, 11) is 2.88. The lowest BCUT2D eigenvalue weighted by atomic mass is 10.2. The molecule has 0 bridgehead atoms. The molecular weight excluding hydrogens is 405 g/mol. The van der Waals surface area contributed by atoms with Crippen molar-refractivity contribution in [1.82, 2.24) is 0 Å². The normalized spacial score (nSPS) is 11.9. The number of halogens is 2. The standard InChI is InChI=1S/C19H19Cl2N3O4/c1-11-13(20)7-5-8-14(11)22-23-17(12(2)25)19(26)24(21)15-9-6-10-16(27-3)18(15)28-4/h5-10,17H,1-4H3. The number of para-hydroxylation sites is 1. The van der Waals surface area contributed by atoms with Gasteiger partial charge in [-0.1, -0.05) is 23.7 Å². The number of benzene rings is 2. The van der Waals surface area contributed by atoms with Crippen molar-refractivity contribution in [2.45, 2.75) is 19.9 Å². The number of ketones is 1. The van der Waals surface area contributed by atoms with Gasteiger partial charge in [0, 0.05) is 16.8 Å². The summed E-state index contributed by atoms with van der Waals surface area (Å²) in [5.74, 6) is -0.655. The van der Waals surface area contributed by atoms with Gasteiger partial charge in [0.15, 0.2) is 17.3 Å². The predicted molar refractivity (Wildman–Crippen MR) is 108 cm³/mol. The Morgan fingerprint density at radius 3 is 2.39 bits per heavy atom. The maximum Gasteiger partial charge on any atom is 0.276 e. The van der Waals surface area contributed by atoms with E-state index < -0.39 is 17.7 Å². The van der Waals surface area contributed by atoms with E-state index in [9.17, 15) is 9.59 Å². The third-order valence-corrected chi connectivity index (χ3v) is 4.68. The highest BCUT2D eigenvalue weighted by atomic mass is 35.5. The topological polar surface area (TPSA) is 80.6 Å². The van der Waals surface area contributed by atoms with Crippen LogP contribution in [0.15, 0.2) is 46.6 Å². The van der Waals surface area contributed by atoms with Crippen LogP contribution in [0.4, 0.5) is 11.4 Å². The Bertz CT molecular complexity index is 918. The van der Waals surface area contributed by atoms with E-state index in [0.29, 0.717) is 22.0 Å². The quantitative estimate of drug-likeness (QED) is 0.360. The number of anilines is 1. The summed E-state index contributed by atoms with van der Waals surface area (Å²) in [6, 6.07) is 8.51. The molecule has 0 radical (unpaired) electrons. The second-order valence-electron chi connectivity index (χ2n) is 5.74. The van der Waals surface area contributed by atoms with Crippen LogP contribution in [0.1, 0.15) is 12.5 Å². The second-order valence-corrected chi connectivity index (χ2v) is 6.49. The van der Waals surface area contributed by atoms with Crippen LogP contribution < -0.4 is 13.9 Å². The number of Topliss-reactive ketones (excluding diaryl/α,β-unsaturated/α-hetero) is 1. The summed E-state index contributed by atoms with van der Waals surface area (Å²) in [6.07, 6.45) is 0. The number of hydrogen-bond acceptors (Lipinski definition) is 6. The Labute approximate surface area is 173 Å². The smallest absolute Gasteiger partial charge is 0.276 e. The van der Waals surface area contributed by atoms with Gasteiger partial charge >= 0.3 is 0 Å². The highest BCUT2D eigenvalue weighted by molar-refractivity contribution is 6.39. The zero-order valence-corrected chi connectivity index (χ0v) is 17.3. The van der Waals surface area contributed by atoms with Crippen molar-refractivity contribution in [3.63, 3.8) is 0 Å². The second kappa shape index (κ2) is 9.52. The largest absolute Gasteiger partial charge is 0.493 e. The number of amides is 1. The van der Waals surface area contributed by atoms with Gasteiger partial charge in [-0.05, 0) is 43.7 Å². The summed E-state index contributed by atoms with van der Waals surface area (Å²) in [4.78, 5) is 24.9. The van der Waals surface area contributed by atoms with Crippen molar-refractivity contribution in [1.29, 1.82) is 0 Å². The van der Waals surface area contributed by atoms with Crippen LogP contribution in [0.3, 0.4) is 0 Å². The Morgan fingerprint density at radius 1 is 1.11 bits per heavy atom. The van der Waals surface area contributed by atoms with Crippen molar-refractivity contribution in [3.8, 4) is 11.5 Å². The number of nitrogens with zero attached hydrogens (tertiary/aromatic N) is 3. The van der Waals surface area contributed by atoms with Gasteiger partial charge in [-0.3, -0.25) is 9.59 Å². The van der Waals surface area contributed by atoms with Crippen LogP contribution >= 0.6 is 23.4 Å². The summed E-state index contributed by atoms with van der Waals surface area (Å²) in [6.45, 7) is 3.00. The van der Waals surface area contributed by atoms with Gasteiger partial charge in [0.25, 0.3) is 5.91 Å². The average molecular weight is 424 g/mol. The van der Waals surface area contributed by atoms with E-state index in [-0.39, 0.29) is 11.4 Å². The highest BCUT2D eigenvalue weighted by Crippen LogP contribution is 2.38. The fraction of sp³-hybridized carbons (Fsp3) is 0.263. The van der Waals surface area contributed by atoms with E-state index in [4.69, 9.17) is 32.9 Å². The number of rotatable bonds is 7. The van der Waals surface area contributed by atoms with Gasteiger partial charge in [-0.2, -0.15) is 10.2 Å². The molecule has 0 saturated carbocycles. The fourth-order valence-corrected chi connectivity index (χ4v) is 2.77. The molecule has 28 heavy (non-hydrogen) atoms. The number of ether oxygens (including phenoxy) is 2.